The molecule has 1 aromatic heterocycles. The molecule has 0 bridgehead atoms. The molecule has 0 saturated heterocycles. The molecular formula is C16H23N3. The van der Waals surface area contributed by atoms with Crippen LogP contribution in [0.4, 0.5) is 5.69 Å². The lowest BCUT2D eigenvalue weighted by atomic mass is 9.92. The van der Waals surface area contributed by atoms with E-state index in [2.05, 4.69) is 31.4 Å². The molecular weight excluding hydrogens is 234 g/mol. The highest BCUT2D eigenvalue weighted by Gasteiger charge is 2.33. The van der Waals surface area contributed by atoms with Crippen molar-refractivity contribution in [2.45, 2.75) is 52.5 Å². The van der Waals surface area contributed by atoms with Gasteiger partial charge < -0.3 is 10.3 Å². The van der Waals surface area contributed by atoms with Crippen molar-refractivity contribution in [3.8, 4) is 0 Å². The number of aromatic nitrogens is 2. The summed E-state index contributed by atoms with van der Waals surface area (Å²) in [6, 6.07) is 6.70. The van der Waals surface area contributed by atoms with Crippen LogP contribution in [0.2, 0.25) is 0 Å². The van der Waals surface area contributed by atoms with Gasteiger partial charge in [0.2, 0.25) is 0 Å². The number of rotatable bonds is 2. The minimum absolute atomic E-state index is 0.458. The lowest BCUT2D eigenvalue weighted by Gasteiger charge is -2.20. The summed E-state index contributed by atoms with van der Waals surface area (Å²) < 4.78 is 2.46. The van der Waals surface area contributed by atoms with Crippen LogP contribution in [0, 0.1) is 5.41 Å². The van der Waals surface area contributed by atoms with Gasteiger partial charge in [0.15, 0.2) is 0 Å². The minimum Gasteiger partial charge on any atom is -0.399 e. The molecule has 0 spiro atoms. The zero-order chi connectivity index (χ0) is 13.6. The van der Waals surface area contributed by atoms with Crippen LogP contribution in [0.1, 0.15) is 51.9 Å². The van der Waals surface area contributed by atoms with Crippen molar-refractivity contribution >= 4 is 16.7 Å². The van der Waals surface area contributed by atoms with E-state index >= 15 is 0 Å². The molecule has 0 amide bonds. The van der Waals surface area contributed by atoms with Gasteiger partial charge in [-0.3, -0.25) is 0 Å². The first-order valence-electron chi connectivity index (χ1n) is 7.26. The third-order valence-corrected chi connectivity index (χ3v) is 4.41. The second kappa shape index (κ2) is 4.26. The van der Waals surface area contributed by atoms with E-state index in [1.54, 1.807) is 0 Å². The Balaban J connectivity index is 2.11. The first kappa shape index (κ1) is 12.5. The summed E-state index contributed by atoms with van der Waals surface area (Å²) in [4.78, 5) is 4.77. The largest absolute Gasteiger partial charge is 0.399 e. The normalized spacial score (nSPS) is 22.2. The first-order valence-corrected chi connectivity index (χ1v) is 7.26. The Bertz CT molecular complexity index is 610. The van der Waals surface area contributed by atoms with Crippen molar-refractivity contribution in [2.24, 2.45) is 5.41 Å². The van der Waals surface area contributed by atoms with E-state index in [-0.39, 0.29) is 0 Å². The topological polar surface area (TPSA) is 43.8 Å². The molecule has 0 aliphatic heterocycles. The van der Waals surface area contributed by atoms with E-state index < -0.39 is 0 Å². The molecule has 2 aromatic rings. The smallest absolute Gasteiger partial charge is 0.109 e. The van der Waals surface area contributed by atoms with Gasteiger partial charge in [-0.2, -0.15) is 0 Å². The Morgan fingerprint density at radius 2 is 2.21 bits per heavy atom. The maximum absolute atomic E-state index is 5.87. The Labute approximate surface area is 114 Å². The molecule has 1 heterocycles. The number of hydrogen-bond donors (Lipinski definition) is 1. The number of imidazole rings is 1. The Morgan fingerprint density at radius 3 is 2.84 bits per heavy atom. The fourth-order valence-electron chi connectivity index (χ4n) is 3.44. The van der Waals surface area contributed by atoms with E-state index in [1.807, 2.05) is 12.1 Å². The van der Waals surface area contributed by atoms with Crippen molar-refractivity contribution in [2.75, 3.05) is 5.73 Å². The van der Waals surface area contributed by atoms with E-state index in [9.17, 15) is 0 Å². The maximum atomic E-state index is 5.87. The van der Waals surface area contributed by atoms with Crippen molar-refractivity contribution in [3.63, 3.8) is 0 Å². The van der Waals surface area contributed by atoms with Gasteiger partial charge in [0, 0.05) is 18.2 Å². The molecule has 1 aromatic carbocycles. The zero-order valence-corrected chi connectivity index (χ0v) is 12.1. The fraction of sp³-hybridized carbons (Fsp3) is 0.562. The quantitative estimate of drug-likeness (QED) is 0.828. The molecule has 0 radical (unpaired) electrons. The standard InChI is InChI=1S/C16H23N3/c1-4-15-18-13-9-11(17)5-6-14(13)19(15)12-7-8-16(2,3)10-12/h5-6,9,12H,4,7-8,10,17H2,1-3H3. The van der Waals surface area contributed by atoms with Crippen LogP contribution in [0.3, 0.4) is 0 Å². The van der Waals surface area contributed by atoms with Crippen molar-refractivity contribution in [3.05, 3.63) is 24.0 Å². The summed E-state index contributed by atoms with van der Waals surface area (Å²) in [7, 11) is 0. The molecule has 1 aliphatic carbocycles. The minimum atomic E-state index is 0.458. The Hall–Kier alpha value is -1.51. The van der Waals surface area contributed by atoms with Gasteiger partial charge in [-0.1, -0.05) is 20.8 Å². The van der Waals surface area contributed by atoms with Crippen molar-refractivity contribution < 1.29 is 0 Å². The van der Waals surface area contributed by atoms with Gasteiger partial charge in [-0.15, -0.1) is 0 Å². The van der Waals surface area contributed by atoms with Crippen LogP contribution in [0.15, 0.2) is 18.2 Å². The molecule has 19 heavy (non-hydrogen) atoms. The average Bonchev–Trinajstić information content (AvgIpc) is 2.88. The number of aryl methyl sites for hydroxylation is 1. The highest BCUT2D eigenvalue weighted by atomic mass is 15.1. The van der Waals surface area contributed by atoms with E-state index in [0.717, 1.165) is 17.6 Å². The van der Waals surface area contributed by atoms with Crippen LogP contribution < -0.4 is 5.73 Å². The first-order chi connectivity index (χ1) is 9.00. The summed E-state index contributed by atoms with van der Waals surface area (Å²) in [6.45, 7) is 6.92. The van der Waals surface area contributed by atoms with Crippen molar-refractivity contribution in [1.29, 1.82) is 0 Å². The zero-order valence-electron chi connectivity index (χ0n) is 12.1. The van der Waals surface area contributed by atoms with E-state index in [0.29, 0.717) is 11.5 Å². The molecule has 3 rings (SSSR count). The highest BCUT2D eigenvalue weighted by molar-refractivity contribution is 5.79. The lowest BCUT2D eigenvalue weighted by Crippen LogP contribution is -2.11. The fourth-order valence-corrected chi connectivity index (χ4v) is 3.44. The predicted octanol–water partition coefficient (Wildman–Crippen LogP) is 3.93. The number of hydrogen-bond acceptors (Lipinski definition) is 2. The summed E-state index contributed by atoms with van der Waals surface area (Å²) in [5.74, 6) is 1.20. The Morgan fingerprint density at radius 1 is 1.42 bits per heavy atom. The number of nitrogens with two attached hydrogens (primary N) is 1. The van der Waals surface area contributed by atoms with Gasteiger partial charge in [0.05, 0.1) is 11.0 Å². The molecule has 1 aliphatic rings. The third-order valence-electron chi connectivity index (χ3n) is 4.41. The molecule has 1 saturated carbocycles. The summed E-state index contributed by atoms with van der Waals surface area (Å²) in [5, 5.41) is 0. The number of anilines is 1. The number of fused-ring (bicyclic) bond motifs is 1. The lowest BCUT2D eigenvalue weighted by molar-refractivity contribution is 0.358. The molecule has 2 N–H and O–H groups in total. The van der Waals surface area contributed by atoms with Crippen LogP contribution in [-0.2, 0) is 6.42 Å². The second-order valence-electron chi connectivity index (χ2n) is 6.56. The number of benzene rings is 1. The highest BCUT2D eigenvalue weighted by Crippen LogP contribution is 2.45. The maximum Gasteiger partial charge on any atom is 0.109 e. The van der Waals surface area contributed by atoms with Crippen molar-refractivity contribution in [1.82, 2.24) is 9.55 Å². The van der Waals surface area contributed by atoms with Gasteiger partial charge >= 0.3 is 0 Å². The monoisotopic (exact) mass is 257 g/mol. The number of nitrogens with zero attached hydrogens (tertiary/aromatic N) is 2. The molecule has 1 fully saturated rings. The van der Waals surface area contributed by atoms with Crippen LogP contribution in [-0.4, -0.2) is 9.55 Å². The summed E-state index contributed by atoms with van der Waals surface area (Å²) in [5.41, 5.74) is 9.42. The van der Waals surface area contributed by atoms with E-state index in [1.165, 1.54) is 30.6 Å². The number of nitrogen functional groups attached to an aromatic ring is 1. The van der Waals surface area contributed by atoms with Crippen LogP contribution in [0.25, 0.3) is 11.0 Å². The van der Waals surface area contributed by atoms with Gasteiger partial charge in [-0.05, 0) is 42.9 Å². The summed E-state index contributed by atoms with van der Waals surface area (Å²) in [6.07, 6.45) is 4.78. The van der Waals surface area contributed by atoms with Gasteiger partial charge in [0.25, 0.3) is 0 Å². The average molecular weight is 257 g/mol. The second-order valence-corrected chi connectivity index (χ2v) is 6.56. The van der Waals surface area contributed by atoms with E-state index in [4.69, 9.17) is 10.7 Å². The molecule has 102 valence electrons. The molecule has 3 nitrogen and oxygen atoms in total. The molecule has 1 unspecified atom stereocenters. The van der Waals surface area contributed by atoms with Gasteiger partial charge in [-0.25, -0.2) is 4.98 Å². The SMILES string of the molecule is CCc1nc2cc(N)ccc2n1C1CCC(C)(C)C1. The third kappa shape index (κ3) is 2.11. The predicted molar refractivity (Wildman–Crippen MR) is 80.2 cm³/mol. The van der Waals surface area contributed by atoms with Gasteiger partial charge in [0.1, 0.15) is 5.82 Å². The molecule has 3 heteroatoms. The molecule has 1 atom stereocenters. The van der Waals surface area contributed by atoms with Crippen LogP contribution >= 0.6 is 0 Å². The van der Waals surface area contributed by atoms with Crippen LogP contribution in [0.5, 0.6) is 0 Å². The summed E-state index contributed by atoms with van der Waals surface area (Å²) >= 11 is 0. The Kier molecular flexibility index (Phi) is 2.80.